The third-order valence-corrected chi connectivity index (χ3v) is 4.19. The highest BCUT2D eigenvalue weighted by molar-refractivity contribution is 6.30. The summed E-state index contributed by atoms with van der Waals surface area (Å²) in [6.45, 7) is 8.84. The van der Waals surface area contributed by atoms with Crippen LogP contribution in [0.3, 0.4) is 0 Å². The average molecular weight is 394 g/mol. The number of nitrogens with zero attached hydrogens (tertiary/aromatic N) is 2. The van der Waals surface area contributed by atoms with E-state index in [1.165, 1.54) is 0 Å². The van der Waals surface area contributed by atoms with Gasteiger partial charge >= 0.3 is 12.1 Å². The highest BCUT2D eigenvalue weighted by atomic mass is 35.5. The van der Waals surface area contributed by atoms with Gasteiger partial charge in [0.2, 0.25) is 0 Å². The molecule has 7 nitrogen and oxygen atoms in total. The van der Waals surface area contributed by atoms with Gasteiger partial charge in [-0.05, 0) is 46.8 Å². The van der Waals surface area contributed by atoms with Crippen molar-refractivity contribution >= 4 is 23.7 Å². The van der Waals surface area contributed by atoms with E-state index in [0.717, 1.165) is 11.3 Å². The minimum absolute atomic E-state index is 0.00883. The Bertz CT molecular complexity index is 838. The topological polar surface area (TPSA) is 93.5 Å². The Balaban J connectivity index is 2.24. The number of aryl methyl sites for hydroxylation is 2. The van der Waals surface area contributed by atoms with Crippen LogP contribution in [0.1, 0.15) is 37.6 Å². The molecule has 146 valence electrons. The van der Waals surface area contributed by atoms with Gasteiger partial charge in [0.15, 0.2) is 0 Å². The second kappa shape index (κ2) is 8.00. The van der Waals surface area contributed by atoms with Crippen molar-refractivity contribution in [2.45, 2.75) is 52.7 Å². The number of alkyl carbamates (subject to hydrolysis) is 1. The first-order valence-corrected chi connectivity index (χ1v) is 8.89. The van der Waals surface area contributed by atoms with Gasteiger partial charge in [-0.1, -0.05) is 29.3 Å². The molecule has 0 radical (unpaired) electrons. The van der Waals surface area contributed by atoms with Gasteiger partial charge in [-0.25, -0.2) is 14.3 Å². The van der Waals surface area contributed by atoms with E-state index in [1.807, 2.05) is 31.2 Å². The number of halogens is 1. The third kappa shape index (κ3) is 5.47. The lowest BCUT2D eigenvalue weighted by molar-refractivity contribution is -0.139. The number of hydrogen-bond donors (Lipinski definition) is 2. The fraction of sp³-hybridized carbons (Fsp3) is 0.421. The standard InChI is InChI=1S/C19H24ClN3O4/c1-11-6-8-13(9-7-11)23-16(20)14(12(2)22-23)10-15(17(24)25)21-18(26)27-19(3,4)5/h6-9,15H,10H2,1-5H3,(H,21,26)(H,24,25). The molecular formula is C19H24ClN3O4. The van der Waals surface area contributed by atoms with Crippen molar-refractivity contribution in [1.82, 2.24) is 15.1 Å². The van der Waals surface area contributed by atoms with E-state index >= 15 is 0 Å². The van der Waals surface area contributed by atoms with Gasteiger partial charge in [-0.15, -0.1) is 0 Å². The summed E-state index contributed by atoms with van der Waals surface area (Å²) in [5, 5.41) is 16.6. The zero-order chi connectivity index (χ0) is 20.4. The molecule has 8 heteroatoms. The summed E-state index contributed by atoms with van der Waals surface area (Å²) in [5.41, 5.74) is 2.30. The molecule has 0 aliphatic rings. The van der Waals surface area contributed by atoms with Crippen LogP contribution in [0.4, 0.5) is 4.79 Å². The van der Waals surface area contributed by atoms with Gasteiger partial charge in [0.1, 0.15) is 16.8 Å². The molecular weight excluding hydrogens is 370 g/mol. The number of carboxylic acids is 1. The molecule has 0 spiro atoms. The molecule has 27 heavy (non-hydrogen) atoms. The second-order valence-corrected chi connectivity index (χ2v) is 7.70. The van der Waals surface area contributed by atoms with Gasteiger partial charge in [0.25, 0.3) is 0 Å². The van der Waals surface area contributed by atoms with Crippen LogP contribution in [0.2, 0.25) is 5.15 Å². The van der Waals surface area contributed by atoms with Crippen molar-refractivity contribution in [3.63, 3.8) is 0 Å². The number of rotatable bonds is 5. The van der Waals surface area contributed by atoms with E-state index in [9.17, 15) is 14.7 Å². The van der Waals surface area contributed by atoms with Crippen LogP contribution in [0.25, 0.3) is 5.69 Å². The van der Waals surface area contributed by atoms with Crippen molar-refractivity contribution in [2.75, 3.05) is 0 Å². The molecule has 0 fully saturated rings. The summed E-state index contributed by atoms with van der Waals surface area (Å²) in [6, 6.07) is 6.45. The first-order chi connectivity index (χ1) is 12.5. The fourth-order valence-electron chi connectivity index (χ4n) is 2.47. The summed E-state index contributed by atoms with van der Waals surface area (Å²) in [6.07, 6.45) is -0.805. The normalized spacial score (nSPS) is 12.5. The van der Waals surface area contributed by atoms with Gasteiger partial charge in [0, 0.05) is 12.0 Å². The molecule has 0 bridgehead atoms. The van der Waals surface area contributed by atoms with Crippen LogP contribution >= 0.6 is 11.6 Å². The number of carboxylic acid groups (broad SMARTS) is 1. The number of hydrogen-bond acceptors (Lipinski definition) is 4. The van der Waals surface area contributed by atoms with Crippen LogP contribution in [-0.4, -0.2) is 38.6 Å². The Labute approximate surface area is 163 Å². The number of nitrogens with one attached hydrogen (secondary N) is 1. The van der Waals surface area contributed by atoms with E-state index in [4.69, 9.17) is 16.3 Å². The van der Waals surface area contributed by atoms with E-state index < -0.39 is 23.7 Å². The Hall–Kier alpha value is -2.54. The minimum Gasteiger partial charge on any atom is -0.480 e. The van der Waals surface area contributed by atoms with Crippen LogP contribution in [-0.2, 0) is 16.0 Å². The van der Waals surface area contributed by atoms with E-state index in [0.29, 0.717) is 16.4 Å². The SMILES string of the molecule is Cc1ccc(-n2nc(C)c(CC(NC(=O)OC(C)(C)C)C(=O)O)c2Cl)cc1. The molecule has 0 saturated carbocycles. The zero-order valence-electron chi connectivity index (χ0n) is 16.0. The van der Waals surface area contributed by atoms with Gasteiger partial charge in [-0.3, -0.25) is 0 Å². The van der Waals surface area contributed by atoms with Crippen molar-refractivity contribution in [3.05, 3.63) is 46.2 Å². The number of aromatic nitrogens is 2. The smallest absolute Gasteiger partial charge is 0.408 e. The molecule has 1 aromatic heterocycles. The molecule has 2 N–H and O–H groups in total. The van der Waals surface area contributed by atoms with Crippen molar-refractivity contribution in [1.29, 1.82) is 0 Å². The van der Waals surface area contributed by atoms with Crippen LogP contribution in [0, 0.1) is 13.8 Å². The number of benzene rings is 1. The molecule has 2 aromatic rings. The predicted molar refractivity (Wildman–Crippen MR) is 103 cm³/mol. The van der Waals surface area contributed by atoms with E-state index in [2.05, 4.69) is 10.4 Å². The van der Waals surface area contributed by atoms with E-state index in [-0.39, 0.29) is 6.42 Å². The van der Waals surface area contributed by atoms with Crippen molar-refractivity contribution in [3.8, 4) is 5.69 Å². The Morgan fingerprint density at radius 1 is 1.26 bits per heavy atom. The lowest BCUT2D eigenvalue weighted by Crippen LogP contribution is -2.44. The quantitative estimate of drug-likeness (QED) is 0.808. The Morgan fingerprint density at radius 2 is 1.85 bits per heavy atom. The highest BCUT2D eigenvalue weighted by Gasteiger charge is 2.27. The molecule has 1 aromatic carbocycles. The lowest BCUT2D eigenvalue weighted by Gasteiger charge is -2.22. The van der Waals surface area contributed by atoms with Gasteiger partial charge < -0.3 is 15.2 Å². The van der Waals surface area contributed by atoms with Gasteiger partial charge in [-0.2, -0.15) is 5.10 Å². The maximum Gasteiger partial charge on any atom is 0.408 e. The number of carbonyl (C=O) groups is 2. The first-order valence-electron chi connectivity index (χ1n) is 8.51. The number of carbonyl (C=O) groups excluding carboxylic acids is 1. The Kier molecular flexibility index (Phi) is 6.15. The molecule has 2 rings (SSSR count). The maximum absolute atomic E-state index is 11.9. The monoisotopic (exact) mass is 393 g/mol. The van der Waals surface area contributed by atoms with Crippen LogP contribution < -0.4 is 5.32 Å². The lowest BCUT2D eigenvalue weighted by atomic mass is 10.1. The molecule has 1 amide bonds. The number of aliphatic carboxylic acids is 1. The first kappa shape index (κ1) is 20.8. The number of ether oxygens (including phenoxy) is 1. The van der Waals surface area contributed by atoms with E-state index in [1.54, 1.807) is 32.4 Å². The highest BCUT2D eigenvalue weighted by Crippen LogP contribution is 2.25. The summed E-state index contributed by atoms with van der Waals surface area (Å²) in [4.78, 5) is 23.5. The molecule has 1 atom stereocenters. The number of amides is 1. The zero-order valence-corrected chi connectivity index (χ0v) is 16.8. The van der Waals surface area contributed by atoms with Gasteiger partial charge in [0.05, 0.1) is 11.4 Å². The molecule has 0 aliphatic heterocycles. The molecule has 1 unspecified atom stereocenters. The Morgan fingerprint density at radius 3 is 2.37 bits per heavy atom. The molecule has 1 heterocycles. The predicted octanol–water partition coefficient (Wildman–Crippen LogP) is 3.66. The minimum atomic E-state index is -1.19. The maximum atomic E-state index is 11.9. The summed E-state index contributed by atoms with van der Waals surface area (Å²) < 4.78 is 6.69. The summed E-state index contributed by atoms with van der Waals surface area (Å²) in [7, 11) is 0. The summed E-state index contributed by atoms with van der Waals surface area (Å²) >= 11 is 6.46. The average Bonchev–Trinajstić information content (AvgIpc) is 2.81. The van der Waals surface area contributed by atoms with Crippen molar-refractivity contribution < 1.29 is 19.4 Å². The third-order valence-electron chi connectivity index (χ3n) is 3.80. The molecule has 0 aliphatic carbocycles. The van der Waals surface area contributed by atoms with Crippen LogP contribution in [0.15, 0.2) is 24.3 Å². The van der Waals surface area contributed by atoms with Crippen LogP contribution in [0.5, 0.6) is 0 Å². The summed E-state index contributed by atoms with van der Waals surface area (Å²) in [5.74, 6) is -1.18. The largest absolute Gasteiger partial charge is 0.480 e. The second-order valence-electron chi connectivity index (χ2n) is 7.34. The molecule has 0 saturated heterocycles. The fourth-order valence-corrected chi connectivity index (χ4v) is 2.82. The van der Waals surface area contributed by atoms with Crippen molar-refractivity contribution in [2.24, 2.45) is 0 Å².